The van der Waals surface area contributed by atoms with Crippen LogP contribution in [0.3, 0.4) is 0 Å². The zero-order valence-electron chi connectivity index (χ0n) is 12.2. The summed E-state index contributed by atoms with van der Waals surface area (Å²) < 4.78 is 17.4. The van der Waals surface area contributed by atoms with Gasteiger partial charge in [0, 0.05) is 12.6 Å². The lowest BCUT2D eigenvalue weighted by molar-refractivity contribution is 0.232. The second-order valence-electron chi connectivity index (χ2n) is 4.39. The Hall–Kier alpha value is -1.53. The molecular formula is C15H19BrN2O3. The number of aromatic nitrogens is 1. The summed E-state index contributed by atoms with van der Waals surface area (Å²) in [6.07, 6.45) is 1.59. The second-order valence-corrected chi connectivity index (χ2v) is 5.24. The smallest absolute Gasteiger partial charge is 0.176 e. The number of halogens is 1. The van der Waals surface area contributed by atoms with Gasteiger partial charge in [-0.25, -0.2) is 0 Å². The molecule has 0 atom stereocenters. The van der Waals surface area contributed by atoms with Gasteiger partial charge in [0.1, 0.15) is 6.61 Å². The minimum atomic E-state index is 0.311. The lowest BCUT2D eigenvalue weighted by Gasteiger charge is -2.15. The highest BCUT2D eigenvalue weighted by Gasteiger charge is 2.13. The molecule has 5 nitrogen and oxygen atoms in total. The van der Waals surface area contributed by atoms with Gasteiger partial charge in [-0.15, -0.1) is 0 Å². The number of hydrogen-bond acceptors (Lipinski definition) is 5. The molecule has 0 unspecified atom stereocenters. The molecule has 0 saturated heterocycles. The highest BCUT2D eigenvalue weighted by molar-refractivity contribution is 9.10. The van der Waals surface area contributed by atoms with Crippen molar-refractivity contribution in [3.05, 3.63) is 40.2 Å². The van der Waals surface area contributed by atoms with Gasteiger partial charge in [-0.2, -0.15) is 0 Å². The van der Waals surface area contributed by atoms with E-state index in [0.717, 1.165) is 28.9 Å². The number of nitrogens with one attached hydrogen (secondary N) is 1. The van der Waals surface area contributed by atoms with E-state index in [0.29, 0.717) is 24.7 Å². The Morgan fingerprint density at radius 3 is 2.81 bits per heavy atom. The maximum absolute atomic E-state index is 5.80. The summed E-state index contributed by atoms with van der Waals surface area (Å²) in [6, 6.07) is 5.79. The molecule has 2 rings (SSSR count). The quantitative estimate of drug-likeness (QED) is 0.785. The van der Waals surface area contributed by atoms with E-state index >= 15 is 0 Å². The molecule has 0 spiro atoms. The standard InChI is InChI=1S/C15H19BrN2O3/c1-3-17-9-11-7-13(16)15(14(8-11)19-4-2)20-10-12-5-6-18-21-12/h5-8,17H,3-4,9-10H2,1-2H3. The molecule has 0 fully saturated rings. The molecule has 1 heterocycles. The number of hydrogen-bond donors (Lipinski definition) is 1. The van der Waals surface area contributed by atoms with E-state index in [1.165, 1.54) is 0 Å². The molecule has 0 aliphatic carbocycles. The van der Waals surface area contributed by atoms with Crippen LogP contribution in [0.1, 0.15) is 25.2 Å². The SMILES string of the molecule is CCNCc1cc(Br)c(OCc2ccno2)c(OCC)c1. The van der Waals surface area contributed by atoms with Crippen LogP contribution in [0.4, 0.5) is 0 Å². The molecule has 114 valence electrons. The predicted octanol–water partition coefficient (Wildman–Crippen LogP) is 3.52. The Morgan fingerprint density at radius 1 is 1.29 bits per heavy atom. The Labute approximate surface area is 132 Å². The van der Waals surface area contributed by atoms with Crippen molar-refractivity contribution in [3.63, 3.8) is 0 Å². The summed E-state index contributed by atoms with van der Waals surface area (Å²) in [4.78, 5) is 0. The molecule has 0 amide bonds. The monoisotopic (exact) mass is 354 g/mol. The van der Waals surface area contributed by atoms with Crippen molar-refractivity contribution in [2.45, 2.75) is 27.0 Å². The normalized spacial score (nSPS) is 10.6. The third-order valence-electron chi connectivity index (χ3n) is 2.80. The highest BCUT2D eigenvalue weighted by Crippen LogP contribution is 2.37. The van der Waals surface area contributed by atoms with E-state index in [9.17, 15) is 0 Å². The van der Waals surface area contributed by atoms with Gasteiger partial charge in [0.05, 0.1) is 17.3 Å². The molecule has 21 heavy (non-hydrogen) atoms. The van der Waals surface area contributed by atoms with Gasteiger partial charge in [-0.3, -0.25) is 0 Å². The van der Waals surface area contributed by atoms with E-state index in [1.54, 1.807) is 12.3 Å². The van der Waals surface area contributed by atoms with Crippen LogP contribution < -0.4 is 14.8 Å². The van der Waals surface area contributed by atoms with Crippen molar-refractivity contribution in [1.82, 2.24) is 10.5 Å². The van der Waals surface area contributed by atoms with E-state index in [1.807, 2.05) is 19.1 Å². The molecule has 0 radical (unpaired) electrons. The molecule has 0 aliphatic rings. The first-order valence-electron chi connectivity index (χ1n) is 6.92. The van der Waals surface area contributed by atoms with Crippen LogP contribution in [0.2, 0.25) is 0 Å². The fourth-order valence-corrected chi connectivity index (χ4v) is 2.46. The highest BCUT2D eigenvalue weighted by atomic mass is 79.9. The van der Waals surface area contributed by atoms with E-state index < -0.39 is 0 Å². The molecule has 0 bridgehead atoms. The summed E-state index contributed by atoms with van der Waals surface area (Å²) >= 11 is 3.55. The zero-order valence-corrected chi connectivity index (χ0v) is 13.8. The minimum absolute atomic E-state index is 0.311. The average molecular weight is 355 g/mol. The first-order chi connectivity index (χ1) is 10.2. The van der Waals surface area contributed by atoms with Gasteiger partial charge in [0.2, 0.25) is 0 Å². The molecule has 1 aromatic carbocycles. The number of nitrogens with zero attached hydrogens (tertiary/aromatic N) is 1. The summed E-state index contributed by atoms with van der Waals surface area (Å²) in [5.74, 6) is 2.06. The minimum Gasteiger partial charge on any atom is -0.490 e. The molecule has 2 aromatic rings. The van der Waals surface area contributed by atoms with Gasteiger partial charge in [0.25, 0.3) is 0 Å². The molecule has 1 aromatic heterocycles. The summed E-state index contributed by atoms with van der Waals surface area (Å²) in [7, 11) is 0. The van der Waals surface area contributed by atoms with Crippen LogP contribution in [0.15, 0.2) is 33.4 Å². The fourth-order valence-electron chi connectivity index (χ4n) is 1.86. The lowest BCUT2D eigenvalue weighted by Crippen LogP contribution is -2.12. The van der Waals surface area contributed by atoms with Crippen LogP contribution in [-0.2, 0) is 13.2 Å². The molecular weight excluding hydrogens is 336 g/mol. The maximum Gasteiger partial charge on any atom is 0.176 e. The van der Waals surface area contributed by atoms with Crippen molar-refractivity contribution in [2.24, 2.45) is 0 Å². The molecule has 6 heteroatoms. The van der Waals surface area contributed by atoms with E-state index in [-0.39, 0.29) is 0 Å². The van der Waals surface area contributed by atoms with Gasteiger partial charge in [-0.1, -0.05) is 12.1 Å². The van der Waals surface area contributed by atoms with Crippen LogP contribution in [0.25, 0.3) is 0 Å². The van der Waals surface area contributed by atoms with Crippen molar-refractivity contribution in [3.8, 4) is 11.5 Å². The number of rotatable bonds is 8. The fraction of sp³-hybridized carbons (Fsp3) is 0.400. The first-order valence-corrected chi connectivity index (χ1v) is 7.72. The van der Waals surface area contributed by atoms with E-state index in [2.05, 4.69) is 33.3 Å². The van der Waals surface area contributed by atoms with Gasteiger partial charge >= 0.3 is 0 Å². The van der Waals surface area contributed by atoms with Crippen molar-refractivity contribution < 1.29 is 14.0 Å². The van der Waals surface area contributed by atoms with Crippen LogP contribution in [-0.4, -0.2) is 18.3 Å². The van der Waals surface area contributed by atoms with Gasteiger partial charge < -0.3 is 19.3 Å². The van der Waals surface area contributed by atoms with E-state index in [4.69, 9.17) is 14.0 Å². The topological polar surface area (TPSA) is 56.5 Å². The number of ether oxygens (including phenoxy) is 2. The Kier molecular flexibility index (Phi) is 6.07. The summed E-state index contributed by atoms with van der Waals surface area (Å²) in [5, 5.41) is 6.95. The maximum atomic E-state index is 5.80. The summed E-state index contributed by atoms with van der Waals surface area (Å²) in [6.45, 7) is 6.63. The Bertz CT molecular complexity index is 558. The van der Waals surface area contributed by atoms with Crippen molar-refractivity contribution in [2.75, 3.05) is 13.2 Å². The van der Waals surface area contributed by atoms with Crippen LogP contribution >= 0.6 is 15.9 Å². The Morgan fingerprint density at radius 2 is 2.14 bits per heavy atom. The average Bonchev–Trinajstić information content (AvgIpc) is 2.98. The third-order valence-corrected chi connectivity index (χ3v) is 3.39. The number of benzene rings is 1. The lowest BCUT2D eigenvalue weighted by atomic mass is 10.2. The third kappa shape index (κ3) is 4.47. The second kappa shape index (κ2) is 8.05. The van der Waals surface area contributed by atoms with Gasteiger partial charge in [-0.05, 0) is 47.1 Å². The molecule has 0 aliphatic heterocycles. The molecule has 0 saturated carbocycles. The zero-order chi connectivity index (χ0) is 15.1. The van der Waals surface area contributed by atoms with Crippen molar-refractivity contribution in [1.29, 1.82) is 0 Å². The van der Waals surface area contributed by atoms with Crippen LogP contribution in [0, 0.1) is 0 Å². The van der Waals surface area contributed by atoms with Crippen molar-refractivity contribution >= 4 is 15.9 Å². The van der Waals surface area contributed by atoms with Gasteiger partial charge in [0.15, 0.2) is 17.3 Å². The Balaban J connectivity index is 2.17. The predicted molar refractivity (Wildman–Crippen MR) is 83.5 cm³/mol. The first kappa shape index (κ1) is 15.9. The summed E-state index contributed by atoms with van der Waals surface area (Å²) in [5.41, 5.74) is 1.14. The largest absolute Gasteiger partial charge is 0.490 e. The van der Waals surface area contributed by atoms with Crippen LogP contribution in [0.5, 0.6) is 11.5 Å². The molecule has 1 N–H and O–H groups in total.